The summed E-state index contributed by atoms with van der Waals surface area (Å²) in [5.74, 6) is 5.33. The fourth-order valence-corrected chi connectivity index (χ4v) is 4.50. The Morgan fingerprint density at radius 1 is 1.00 bits per heavy atom. The van der Waals surface area contributed by atoms with E-state index < -0.39 is 11.6 Å². The van der Waals surface area contributed by atoms with Gasteiger partial charge in [0.25, 0.3) is 0 Å². The standard InChI is InChI=1S/C28H41N7O2/c1-28(2,30)27(37)32-23(13-8-11-21-9-4-3-5-10-21)26(36)35-19-17-34(18-20-35)24-14-7-6-12-22(24)15-16-25(29)33-31/h3-7,9-10,12,14,23H,8,11,13,15-20,30-31H2,1-2H3,(H2,29,33)(H,32,37)/t23-/m1/s1. The summed E-state index contributed by atoms with van der Waals surface area (Å²) in [4.78, 5) is 30.3. The highest BCUT2D eigenvalue weighted by atomic mass is 16.2. The summed E-state index contributed by atoms with van der Waals surface area (Å²) < 4.78 is 0. The zero-order valence-electron chi connectivity index (χ0n) is 22.0. The van der Waals surface area contributed by atoms with Crippen LogP contribution in [-0.4, -0.2) is 60.3 Å². The van der Waals surface area contributed by atoms with Crippen LogP contribution in [0, 0.1) is 0 Å². The molecule has 1 saturated heterocycles. The molecular weight excluding hydrogens is 466 g/mol. The van der Waals surface area contributed by atoms with Crippen LogP contribution in [0.15, 0.2) is 59.7 Å². The molecule has 2 amide bonds. The smallest absolute Gasteiger partial charge is 0.245 e. The lowest BCUT2D eigenvalue weighted by molar-refractivity contribution is -0.138. The molecule has 0 aliphatic carbocycles. The number of carbonyl (C=O) groups is 2. The van der Waals surface area contributed by atoms with Gasteiger partial charge < -0.3 is 32.4 Å². The van der Waals surface area contributed by atoms with Gasteiger partial charge in [-0.1, -0.05) is 48.5 Å². The molecule has 9 heteroatoms. The first-order chi connectivity index (χ1) is 17.7. The van der Waals surface area contributed by atoms with Crippen molar-refractivity contribution in [1.29, 1.82) is 0 Å². The number of piperazine rings is 1. The van der Waals surface area contributed by atoms with Crippen molar-refractivity contribution >= 4 is 23.3 Å². The molecule has 0 aromatic heterocycles. The topological polar surface area (TPSA) is 143 Å². The highest BCUT2D eigenvalue weighted by Crippen LogP contribution is 2.23. The molecule has 2 aromatic carbocycles. The Hall–Kier alpha value is -3.59. The Morgan fingerprint density at radius 2 is 1.65 bits per heavy atom. The highest BCUT2D eigenvalue weighted by molar-refractivity contribution is 5.91. The predicted octanol–water partition coefficient (Wildman–Crippen LogP) is 1.74. The van der Waals surface area contributed by atoms with E-state index in [1.54, 1.807) is 13.8 Å². The summed E-state index contributed by atoms with van der Waals surface area (Å²) in [6, 6.07) is 17.8. The van der Waals surface area contributed by atoms with Crippen LogP contribution in [0.3, 0.4) is 0 Å². The average molecular weight is 508 g/mol. The van der Waals surface area contributed by atoms with Gasteiger partial charge in [0.05, 0.1) is 5.54 Å². The average Bonchev–Trinajstić information content (AvgIpc) is 2.91. The summed E-state index contributed by atoms with van der Waals surface area (Å²) >= 11 is 0. The molecule has 1 aliphatic rings. The number of carbonyl (C=O) groups excluding carboxylic acids is 2. The van der Waals surface area contributed by atoms with Crippen molar-refractivity contribution in [1.82, 2.24) is 10.2 Å². The van der Waals surface area contributed by atoms with Gasteiger partial charge in [0.1, 0.15) is 11.9 Å². The van der Waals surface area contributed by atoms with Crippen LogP contribution in [0.1, 0.15) is 44.2 Å². The lowest BCUT2D eigenvalue weighted by Gasteiger charge is -2.38. The number of amides is 2. The van der Waals surface area contributed by atoms with Crippen molar-refractivity contribution in [3.05, 3.63) is 65.7 Å². The van der Waals surface area contributed by atoms with Crippen LogP contribution < -0.4 is 27.5 Å². The van der Waals surface area contributed by atoms with Crippen molar-refractivity contribution < 1.29 is 9.59 Å². The SMILES string of the molecule is CC(C)(N)C(=O)N[C@H](CCCc1ccccc1)C(=O)N1CCN(c2ccccc2CC/C(N)=N/N)CC1. The van der Waals surface area contributed by atoms with Crippen LogP contribution in [-0.2, 0) is 22.4 Å². The number of hydrogen-bond donors (Lipinski definition) is 4. The monoisotopic (exact) mass is 507 g/mol. The van der Waals surface area contributed by atoms with E-state index in [4.69, 9.17) is 17.3 Å². The molecule has 0 saturated carbocycles. The van der Waals surface area contributed by atoms with Gasteiger partial charge in [-0.05, 0) is 56.7 Å². The molecule has 0 spiro atoms. The molecule has 1 atom stereocenters. The number of nitrogens with two attached hydrogens (primary N) is 3. The van der Waals surface area contributed by atoms with Crippen molar-refractivity contribution in [3.8, 4) is 0 Å². The lowest BCUT2D eigenvalue weighted by Crippen LogP contribution is -2.58. The van der Waals surface area contributed by atoms with Crippen molar-refractivity contribution in [2.24, 2.45) is 22.4 Å². The number of anilines is 1. The van der Waals surface area contributed by atoms with E-state index in [-0.39, 0.29) is 11.8 Å². The van der Waals surface area contributed by atoms with Gasteiger partial charge in [0, 0.05) is 38.3 Å². The maximum Gasteiger partial charge on any atom is 0.245 e. The molecule has 9 nitrogen and oxygen atoms in total. The second-order valence-electron chi connectivity index (χ2n) is 10.2. The van der Waals surface area contributed by atoms with E-state index in [0.717, 1.165) is 24.9 Å². The summed E-state index contributed by atoms with van der Waals surface area (Å²) in [7, 11) is 0. The number of nitrogens with zero attached hydrogens (tertiary/aromatic N) is 3. The zero-order chi connectivity index (χ0) is 26.8. The van der Waals surface area contributed by atoms with Gasteiger partial charge in [-0.25, -0.2) is 0 Å². The number of hydrogen-bond acceptors (Lipinski definition) is 6. The first-order valence-electron chi connectivity index (χ1n) is 13.0. The fraction of sp³-hybridized carbons (Fsp3) is 0.464. The van der Waals surface area contributed by atoms with E-state index in [2.05, 4.69) is 39.6 Å². The molecule has 3 rings (SSSR count). The van der Waals surface area contributed by atoms with Crippen LogP contribution in [0.2, 0.25) is 0 Å². The fourth-order valence-electron chi connectivity index (χ4n) is 4.50. The third-order valence-electron chi connectivity index (χ3n) is 6.73. The number of aryl methyl sites for hydroxylation is 2. The van der Waals surface area contributed by atoms with E-state index >= 15 is 0 Å². The van der Waals surface area contributed by atoms with Gasteiger partial charge >= 0.3 is 0 Å². The largest absolute Gasteiger partial charge is 0.386 e. The third kappa shape index (κ3) is 8.21. The van der Waals surface area contributed by atoms with E-state index in [1.165, 1.54) is 11.1 Å². The first-order valence-corrected chi connectivity index (χ1v) is 13.0. The molecule has 1 fully saturated rings. The normalized spacial score (nSPS) is 15.4. The molecule has 0 radical (unpaired) electrons. The Kier molecular flexibility index (Phi) is 9.91. The Bertz CT molecular complexity index is 1060. The van der Waals surface area contributed by atoms with Crippen LogP contribution in [0.25, 0.3) is 0 Å². The number of nitrogens with one attached hydrogen (secondary N) is 1. The number of para-hydroxylation sites is 1. The predicted molar refractivity (Wildman–Crippen MR) is 149 cm³/mol. The molecule has 2 aromatic rings. The van der Waals surface area contributed by atoms with Gasteiger partial charge in [0.2, 0.25) is 11.8 Å². The Labute approximate surface area is 220 Å². The molecule has 1 aliphatic heterocycles. The summed E-state index contributed by atoms with van der Waals surface area (Å²) in [5.41, 5.74) is 14.3. The molecule has 200 valence electrons. The van der Waals surface area contributed by atoms with E-state index in [1.807, 2.05) is 35.2 Å². The summed E-state index contributed by atoms with van der Waals surface area (Å²) in [6.07, 6.45) is 3.52. The minimum Gasteiger partial charge on any atom is -0.386 e. The van der Waals surface area contributed by atoms with E-state index in [0.29, 0.717) is 44.9 Å². The van der Waals surface area contributed by atoms with Crippen molar-refractivity contribution in [2.75, 3.05) is 31.1 Å². The molecule has 37 heavy (non-hydrogen) atoms. The maximum absolute atomic E-state index is 13.5. The first kappa shape index (κ1) is 28.0. The number of benzene rings is 2. The second kappa shape index (κ2) is 13.1. The van der Waals surface area contributed by atoms with E-state index in [9.17, 15) is 9.59 Å². The summed E-state index contributed by atoms with van der Waals surface area (Å²) in [6.45, 7) is 5.87. The number of rotatable bonds is 11. The molecule has 0 bridgehead atoms. The lowest BCUT2D eigenvalue weighted by atomic mass is 10.0. The van der Waals surface area contributed by atoms with Crippen LogP contribution in [0.5, 0.6) is 0 Å². The minimum absolute atomic E-state index is 0.0504. The second-order valence-corrected chi connectivity index (χ2v) is 10.2. The molecule has 1 heterocycles. The maximum atomic E-state index is 13.5. The van der Waals surface area contributed by atoms with Gasteiger partial charge in [-0.15, -0.1) is 0 Å². The van der Waals surface area contributed by atoms with Crippen LogP contribution >= 0.6 is 0 Å². The minimum atomic E-state index is -1.06. The number of hydrazone groups is 1. The summed E-state index contributed by atoms with van der Waals surface area (Å²) in [5, 5.41) is 6.49. The Balaban J connectivity index is 1.63. The molecular formula is C28H41N7O2. The zero-order valence-corrected chi connectivity index (χ0v) is 22.0. The number of amidine groups is 1. The molecule has 0 unspecified atom stereocenters. The van der Waals surface area contributed by atoms with Gasteiger partial charge in [-0.3, -0.25) is 9.59 Å². The van der Waals surface area contributed by atoms with Crippen LogP contribution in [0.4, 0.5) is 5.69 Å². The quantitative estimate of drug-likeness (QED) is 0.158. The Morgan fingerprint density at radius 3 is 2.30 bits per heavy atom. The molecule has 7 N–H and O–H groups in total. The third-order valence-corrected chi connectivity index (χ3v) is 6.73. The van der Waals surface area contributed by atoms with Crippen molar-refractivity contribution in [3.63, 3.8) is 0 Å². The highest BCUT2D eigenvalue weighted by Gasteiger charge is 2.32. The van der Waals surface area contributed by atoms with Gasteiger partial charge in [0.15, 0.2) is 0 Å². The van der Waals surface area contributed by atoms with Crippen molar-refractivity contribution in [2.45, 2.75) is 57.5 Å². The van der Waals surface area contributed by atoms with Gasteiger partial charge in [-0.2, -0.15) is 5.10 Å².